The highest BCUT2D eigenvalue weighted by Gasteiger charge is 2.25. The average molecular weight is 307 g/mol. The van der Waals surface area contributed by atoms with Crippen LogP contribution in [0.5, 0.6) is 0 Å². The van der Waals surface area contributed by atoms with E-state index in [0.29, 0.717) is 5.91 Å². The number of hydrogen-bond acceptors (Lipinski definition) is 1. The van der Waals surface area contributed by atoms with Gasteiger partial charge in [-0.25, -0.2) is 0 Å². The van der Waals surface area contributed by atoms with Crippen molar-refractivity contribution in [2.75, 3.05) is 6.54 Å². The lowest BCUT2D eigenvalue weighted by atomic mass is 9.99. The molecule has 23 heavy (non-hydrogen) atoms. The van der Waals surface area contributed by atoms with Gasteiger partial charge in [-0.3, -0.25) is 4.79 Å². The fourth-order valence-electron chi connectivity index (χ4n) is 3.37. The van der Waals surface area contributed by atoms with Crippen molar-refractivity contribution >= 4 is 5.91 Å². The Hall–Kier alpha value is -2.09. The van der Waals surface area contributed by atoms with Crippen LogP contribution in [0.3, 0.4) is 0 Å². The quantitative estimate of drug-likeness (QED) is 0.787. The molecule has 0 spiro atoms. The second-order valence-corrected chi connectivity index (χ2v) is 6.42. The van der Waals surface area contributed by atoms with Crippen molar-refractivity contribution in [2.24, 2.45) is 5.92 Å². The fourth-order valence-corrected chi connectivity index (χ4v) is 3.37. The summed E-state index contributed by atoms with van der Waals surface area (Å²) >= 11 is 0. The van der Waals surface area contributed by atoms with Crippen LogP contribution in [0.2, 0.25) is 0 Å². The van der Waals surface area contributed by atoms with E-state index < -0.39 is 0 Å². The number of benzene rings is 2. The molecule has 0 aromatic heterocycles. The van der Waals surface area contributed by atoms with E-state index in [1.54, 1.807) is 0 Å². The van der Waals surface area contributed by atoms with E-state index in [1.165, 1.54) is 23.1 Å². The van der Waals surface area contributed by atoms with Crippen LogP contribution < -0.4 is 0 Å². The molecule has 0 saturated carbocycles. The standard InChI is InChI=1S/C21H25NO/c1-2-18-8-6-7-15-22(21(18)23)16-17-11-13-20(14-12-17)19-9-4-3-5-10-19/h3-5,9-14,18H,2,6-8,15-16H2,1H3. The molecule has 1 amide bonds. The van der Waals surface area contributed by atoms with Crippen molar-refractivity contribution in [2.45, 2.75) is 39.2 Å². The summed E-state index contributed by atoms with van der Waals surface area (Å²) in [4.78, 5) is 14.6. The summed E-state index contributed by atoms with van der Waals surface area (Å²) in [6.45, 7) is 3.76. The number of likely N-dealkylation sites (tertiary alicyclic amines) is 1. The Morgan fingerprint density at radius 1 is 0.957 bits per heavy atom. The van der Waals surface area contributed by atoms with E-state index in [0.717, 1.165) is 32.4 Å². The van der Waals surface area contributed by atoms with Crippen LogP contribution in [0, 0.1) is 5.92 Å². The summed E-state index contributed by atoms with van der Waals surface area (Å²) in [6.07, 6.45) is 4.32. The Balaban J connectivity index is 1.71. The summed E-state index contributed by atoms with van der Waals surface area (Å²) in [7, 11) is 0. The summed E-state index contributed by atoms with van der Waals surface area (Å²) < 4.78 is 0. The third-order valence-electron chi connectivity index (χ3n) is 4.82. The molecule has 2 heteroatoms. The molecule has 0 N–H and O–H groups in total. The first-order valence-corrected chi connectivity index (χ1v) is 8.71. The smallest absolute Gasteiger partial charge is 0.225 e. The molecular weight excluding hydrogens is 282 g/mol. The van der Waals surface area contributed by atoms with Gasteiger partial charge in [0.25, 0.3) is 0 Å². The fraction of sp³-hybridized carbons (Fsp3) is 0.381. The van der Waals surface area contributed by atoms with E-state index in [-0.39, 0.29) is 5.92 Å². The van der Waals surface area contributed by atoms with Crippen molar-refractivity contribution in [3.8, 4) is 11.1 Å². The second-order valence-electron chi connectivity index (χ2n) is 6.42. The molecule has 2 aromatic carbocycles. The molecule has 1 aliphatic rings. The number of hydrogen-bond donors (Lipinski definition) is 0. The molecule has 1 atom stereocenters. The van der Waals surface area contributed by atoms with Crippen LogP contribution in [0.1, 0.15) is 38.2 Å². The van der Waals surface area contributed by atoms with E-state index >= 15 is 0 Å². The van der Waals surface area contributed by atoms with Crippen LogP contribution >= 0.6 is 0 Å². The number of carbonyl (C=O) groups is 1. The summed E-state index contributed by atoms with van der Waals surface area (Å²) in [5.74, 6) is 0.568. The van der Waals surface area contributed by atoms with Crippen molar-refractivity contribution in [1.82, 2.24) is 4.90 Å². The van der Waals surface area contributed by atoms with Crippen LogP contribution in [-0.4, -0.2) is 17.4 Å². The Kier molecular flexibility index (Phi) is 5.12. The van der Waals surface area contributed by atoms with Gasteiger partial charge in [0.15, 0.2) is 0 Å². The molecule has 0 bridgehead atoms. The van der Waals surface area contributed by atoms with Gasteiger partial charge in [0.1, 0.15) is 0 Å². The molecule has 3 rings (SSSR count). The van der Waals surface area contributed by atoms with Gasteiger partial charge in [-0.1, -0.05) is 67.9 Å². The van der Waals surface area contributed by atoms with Gasteiger partial charge in [-0.05, 0) is 36.0 Å². The van der Waals surface area contributed by atoms with Gasteiger partial charge < -0.3 is 4.90 Å². The predicted molar refractivity (Wildman–Crippen MR) is 94.9 cm³/mol. The van der Waals surface area contributed by atoms with Gasteiger partial charge in [0.2, 0.25) is 5.91 Å². The monoisotopic (exact) mass is 307 g/mol. The lowest BCUT2D eigenvalue weighted by molar-refractivity contribution is -0.135. The summed E-state index contributed by atoms with van der Waals surface area (Å²) in [5.41, 5.74) is 3.67. The Bertz CT molecular complexity index is 633. The number of carbonyl (C=O) groups excluding carboxylic acids is 1. The average Bonchev–Trinajstić information content (AvgIpc) is 2.78. The molecule has 1 saturated heterocycles. The van der Waals surface area contributed by atoms with Gasteiger partial charge in [0.05, 0.1) is 0 Å². The molecule has 1 heterocycles. The zero-order valence-corrected chi connectivity index (χ0v) is 13.9. The van der Waals surface area contributed by atoms with Crippen LogP contribution in [0.15, 0.2) is 54.6 Å². The van der Waals surface area contributed by atoms with Gasteiger partial charge in [-0.15, -0.1) is 0 Å². The molecule has 1 fully saturated rings. The molecular formula is C21H25NO. The number of amides is 1. The lowest BCUT2D eigenvalue weighted by Crippen LogP contribution is -2.34. The SMILES string of the molecule is CCC1CCCCN(Cc2ccc(-c3ccccc3)cc2)C1=O. The first kappa shape index (κ1) is 15.8. The molecule has 1 unspecified atom stereocenters. The van der Waals surface area contributed by atoms with E-state index in [2.05, 4.69) is 60.4 Å². The molecule has 2 nitrogen and oxygen atoms in total. The van der Waals surface area contributed by atoms with E-state index in [4.69, 9.17) is 0 Å². The predicted octanol–water partition coefficient (Wildman–Crippen LogP) is 4.89. The normalized spacial score (nSPS) is 18.7. The number of nitrogens with zero attached hydrogens (tertiary/aromatic N) is 1. The second kappa shape index (κ2) is 7.45. The minimum atomic E-state index is 0.223. The first-order valence-electron chi connectivity index (χ1n) is 8.71. The molecule has 1 aliphatic heterocycles. The zero-order valence-electron chi connectivity index (χ0n) is 13.9. The van der Waals surface area contributed by atoms with Crippen molar-refractivity contribution in [3.63, 3.8) is 0 Å². The van der Waals surface area contributed by atoms with Crippen molar-refractivity contribution in [1.29, 1.82) is 0 Å². The maximum Gasteiger partial charge on any atom is 0.225 e. The van der Waals surface area contributed by atoms with Gasteiger partial charge in [0, 0.05) is 19.0 Å². The maximum absolute atomic E-state index is 12.6. The Morgan fingerprint density at radius 2 is 1.65 bits per heavy atom. The topological polar surface area (TPSA) is 20.3 Å². The lowest BCUT2D eigenvalue weighted by Gasteiger charge is -2.24. The first-order chi connectivity index (χ1) is 11.3. The highest BCUT2D eigenvalue weighted by Crippen LogP contribution is 2.23. The third-order valence-corrected chi connectivity index (χ3v) is 4.82. The van der Waals surface area contributed by atoms with Crippen LogP contribution in [-0.2, 0) is 11.3 Å². The van der Waals surface area contributed by atoms with E-state index in [1.807, 2.05) is 6.07 Å². The van der Waals surface area contributed by atoms with Crippen LogP contribution in [0.4, 0.5) is 0 Å². The largest absolute Gasteiger partial charge is 0.338 e. The third kappa shape index (κ3) is 3.82. The van der Waals surface area contributed by atoms with Gasteiger partial charge >= 0.3 is 0 Å². The minimum Gasteiger partial charge on any atom is -0.338 e. The summed E-state index contributed by atoms with van der Waals surface area (Å²) in [5, 5.41) is 0. The van der Waals surface area contributed by atoms with Gasteiger partial charge in [-0.2, -0.15) is 0 Å². The number of rotatable bonds is 4. The molecule has 120 valence electrons. The maximum atomic E-state index is 12.6. The minimum absolute atomic E-state index is 0.223. The van der Waals surface area contributed by atoms with Crippen LogP contribution in [0.25, 0.3) is 11.1 Å². The highest BCUT2D eigenvalue weighted by molar-refractivity contribution is 5.79. The van der Waals surface area contributed by atoms with Crippen molar-refractivity contribution in [3.05, 3.63) is 60.2 Å². The molecule has 0 radical (unpaired) electrons. The molecule has 2 aromatic rings. The zero-order chi connectivity index (χ0) is 16.1. The van der Waals surface area contributed by atoms with Crippen molar-refractivity contribution < 1.29 is 4.79 Å². The Morgan fingerprint density at radius 3 is 2.35 bits per heavy atom. The highest BCUT2D eigenvalue weighted by atomic mass is 16.2. The summed E-state index contributed by atoms with van der Waals surface area (Å²) in [6, 6.07) is 19.0. The molecule has 0 aliphatic carbocycles. The Labute approximate surface area is 139 Å². The van der Waals surface area contributed by atoms with E-state index in [9.17, 15) is 4.79 Å².